The van der Waals surface area contributed by atoms with Crippen molar-refractivity contribution in [3.05, 3.63) is 41.1 Å². The van der Waals surface area contributed by atoms with Crippen LogP contribution < -0.4 is 0 Å². The first-order valence-corrected chi connectivity index (χ1v) is 29.8. The molecule has 0 nitrogen and oxygen atoms in total. The van der Waals surface area contributed by atoms with E-state index in [-0.39, 0.29) is 24.8 Å². The zero-order valence-corrected chi connectivity index (χ0v) is 26.5. The predicted octanol–water partition coefficient (Wildman–Crippen LogP) is 7.96. The first kappa shape index (κ1) is 28.6. The van der Waals surface area contributed by atoms with Gasteiger partial charge in [-0.05, 0) is 0 Å². The van der Waals surface area contributed by atoms with E-state index in [2.05, 4.69) is 83.8 Å². The Morgan fingerprint density at radius 3 is 1.14 bits per heavy atom. The van der Waals surface area contributed by atoms with E-state index in [9.17, 15) is 0 Å². The van der Waals surface area contributed by atoms with Crippen molar-refractivity contribution in [2.75, 3.05) is 0 Å². The van der Waals surface area contributed by atoms with E-state index in [1.54, 1.807) is 22.3 Å². The van der Waals surface area contributed by atoms with Crippen LogP contribution in [0.4, 0.5) is 0 Å². The maximum Gasteiger partial charge on any atom is -0.147 e. The largest absolute Gasteiger partial charge is 0.147 e. The van der Waals surface area contributed by atoms with Gasteiger partial charge in [0.15, 0.2) is 0 Å². The summed E-state index contributed by atoms with van der Waals surface area (Å²) in [5, 5.41) is 0. The molecular weight excluding hydrogens is 566 g/mol. The molecule has 0 aliphatic heterocycles. The maximum atomic E-state index is 2.74. The van der Waals surface area contributed by atoms with Crippen molar-refractivity contribution in [1.82, 2.24) is 0 Å². The van der Waals surface area contributed by atoms with Gasteiger partial charge in [0.05, 0.1) is 0 Å². The third-order valence-electron chi connectivity index (χ3n) is 6.80. The molecule has 2 rings (SSSR count). The minimum atomic E-state index is -3.29. The zero-order chi connectivity index (χ0) is 20.0. The van der Waals surface area contributed by atoms with E-state index >= 15 is 0 Å². The van der Waals surface area contributed by atoms with E-state index in [4.69, 9.17) is 0 Å². The van der Waals surface area contributed by atoms with Gasteiger partial charge in [-0.1, -0.05) is 0 Å². The molecule has 2 aliphatic carbocycles. The van der Waals surface area contributed by atoms with Gasteiger partial charge in [-0.3, -0.25) is 0 Å². The van der Waals surface area contributed by atoms with Crippen LogP contribution in [0.15, 0.2) is 41.1 Å². The van der Waals surface area contributed by atoms with E-state index < -0.39 is 17.1 Å². The molecule has 2 aliphatic rings. The Bertz CT molecular complexity index is 723. The Morgan fingerprint density at radius 1 is 0.643 bits per heavy atom. The molecule has 0 radical (unpaired) electrons. The third-order valence-corrected chi connectivity index (χ3v) is 31.0. The molecule has 0 unspecified atom stereocenters. The molecule has 0 aromatic carbocycles. The summed E-state index contributed by atoms with van der Waals surface area (Å²) >= 11 is -3.29. The van der Waals surface area contributed by atoms with Gasteiger partial charge in [-0.25, -0.2) is 0 Å². The summed E-state index contributed by atoms with van der Waals surface area (Å²) in [5.74, 6) is 2.62. The van der Waals surface area contributed by atoms with Crippen LogP contribution in [-0.2, 0) is 17.1 Å². The van der Waals surface area contributed by atoms with Crippen molar-refractivity contribution in [3.8, 4) is 0 Å². The average molecular weight is 610 g/mol. The van der Waals surface area contributed by atoms with Crippen LogP contribution in [0.2, 0.25) is 9.36 Å². The van der Waals surface area contributed by atoms with Crippen LogP contribution in [0.3, 0.4) is 0 Å². The maximum absolute atomic E-state index is 3.29. The molecule has 0 saturated carbocycles. The van der Waals surface area contributed by atoms with Crippen LogP contribution in [0.5, 0.6) is 0 Å². The van der Waals surface area contributed by atoms with Crippen molar-refractivity contribution in [2.45, 2.75) is 77.6 Å². The molecule has 0 amide bonds. The van der Waals surface area contributed by atoms with Crippen LogP contribution in [-0.4, -0.2) is 6.94 Å². The number of hydrogen-bond donors (Lipinski definition) is 0. The predicted molar refractivity (Wildman–Crippen MR) is 134 cm³/mol. The van der Waals surface area contributed by atoms with Crippen LogP contribution in [0, 0.1) is 23.7 Å². The van der Waals surface area contributed by atoms with E-state index in [1.807, 2.05) is 6.66 Å². The molecule has 0 N–H and O–H groups in total. The molecule has 0 aromatic rings. The van der Waals surface area contributed by atoms with Gasteiger partial charge in [0.25, 0.3) is 0 Å². The van der Waals surface area contributed by atoms with Crippen molar-refractivity contribution < 1.29 is 17.1 Å². The summed E-state index contributed by atoms with van der Waals surface area (Å²) < 4.78 is 9.26. The minimum Gasteiger partial charge on any atom is -0.147 e. The molecule has 28 heavy (non-hydrogen) atoms. The molecule has 0 saturated heterocycles. The topological polar surface area (TPSA) is 0 Å². The van der Waals surface area contributed by atoms with Gasteiger partial charge >= 0.3 is 166 Å². The van der Waals surface area contributed by atoms with Crippen LogP contribution in [0.25, 0.3) is 0 Å². The Hall–Kier alpha value is 0.627. The second-order valence-electron chi connectivity index (χ2n) is 11.0. The Morgan fingerprint density at radius 2 is 0.929 bits per heavy atom. The smallest absolute Gasteiger partial charge is 0.147 e. The van der Waals surface area contributed by atoms with E-state index in [0.717, 1.165) is 0 Å². The molecule has 0 bridgehead atoms. The Kier molecular flexibility index (Phi) is 10.1. The molecule has 0 fully saturated rings. The van der Waals surface area contributed by atoms with Crippen LogP contribution >= 0.6 is 24.8 Å². The van der Waals surface area contributed by atoms with Gasteiger partial charge in [-0.2, -0.15) is 0 Å². The van der Waals surface area contributed by atoms with Crippen molar-refractivity contribution >= 4 is 31.8 Å². The molecular formula is C24H44Cl2HfSi. The summed E-state index contributed by atoms with van der Waals surface area (Å²) in [7, 11) is 0. The fourth-order valence-electron chi connectivity index (χ4n) is 4.73. The summed E-state index contributed by atoms with van der Waals surface area (Å²) in [5.41, 5.74) is 6.72. The normalized spacial score (nSPS) is 18.2. The number of rotatable bonds is 6. The second-order valence-corrected chi connectivity index (χ2v) is 52.0. The summed E-state index contributed by atoms with van der Waals surface area (Å²) in [6.07, 6.45) is 7.68. The van der Waals surface area contributed by atoms with Crippen molar-refractivity contribution in [2.24, 2.45) is 23.7 Å². The van der Waals surface area contributed by atoms with E-state index in [0.29, 0.717) is 23.7 Å². The van der Waals surface area contributed by atoms with Gasteiger partial charge in [0.1, 0.15) is 0 Å². The molecule has 0 spiro atoms. The standard InChI is InChI=1S/2C11H17.2CH3.2ClH.Hf.H2Si/c2*1-8(2)10-5-6-11(7-10)9(3)4;;;;;;/h2*7-9H,5H2,1-4H3;2*1H3;2*1H;;1H2. The van der Waals surface area contributed by atoms with Gasteiger partial charge in [0.2, 0.25) is 0 Å². The van der Waals surface area contributed by atoms with Gasteiger partial charge < -0.3 is 0 Å². The van der Waals surface area contributed by atoms with Gasteiger partial charge in [0, 0.05) is 0 Å². The monoisotopic (exact) mass is 610 g/mol. The molecule has 0 aromatic heterocycles. The SMILES string of the molecule is CC(C)C1=CC(C(C)C)=[C]([Hf]([CH3])([CH3])(=[SiH2])[C]2=C(C(C)C)C=C(C(C)C)C2)C1.Cl.Cl. The second kappa shape index (κ2) is 9.84. The number of hydrogen-bond acceptors (Lipinski definition) is 0. The fourth-order valence-corrected chi connectivity index (χ4v) is 26.2. The van der Waals surface area contributed by atoms with Crippen LogP contribution in [0.1, 0.15) is 68.2 Å². The van der Waals surface area contributed by atoms with Crippen molar-refractivity contribution in [1.29, 1.82) is 0 Å². The quantitative estimate of drug-likeness (QED) is 0.268. The zero-order valence-electron chi connectivity index (χ0n) is 19.9. The molecule has 162 valence electrons. The Balaban J connectivity index is 0.00000364. The summed E-state index contributed by atoms with van der Waals surface area (Å²) in [4.78, 5) is 0. The molecule has 0 atom stereocenters. The first-order chi connectivity index (χ1) is 11.7. The Labute approximate surface area is 190 Å². The van der Waals surface area contributed by atoms with E-state index in [1.165, 1.54) is 12.8 Å². The first-order valence-electron chi connectivity index (χ1n) is 10.7. The molecule has 4 heteroatoms. The number of allylic oxidation sites excluding steroid dienone is 8. The molecule has 0 heterocycles. The third kappa shape index (κ3) is 5.45. The summed E-state index contributed by atoms with van der Waals surface area (Å²) in [6, 6.07) is 0. The van der Waals surface area contributed by atoms with Crippen molar-refractivity contribution in [3.63, 3.8) is 0 Å². The number of halogens is 2. The minimum absolute atomic E-state index is 0. The fraction of sp³-hybridized carbons (Fsp3) is 0.667. The summed E-state index contributed by atoms with van der Waals surface area (Å²) in [6.45, 7) is 21.5. The van der Waals surface area contributed by atoms with Gasteiger partial charge in [-0.15, -0.1) is 24.8 Å². The average Bonchev–Trinajstić information content (AvgIpc) is 3.13.